The van der Waals surface area contributed by atoms with E-state index in [-0.39, 0.29) is 24.3 Å². The van der Waals surface area contributed by atoms with Gasteiger partial charge in [-0.05, 0) is 0 Å². The number of amides is 1. The van der Waals surface area contributed by atoms with Crippen LogP contribution in [-0.4, -0.2) is 21.6 Å². The van der Waals surface area contributed by atoms with Crippen molar-refractivity contribution < 1.29 is 4.79 Å². The van der Waals surface area contributed by atoms with Crippen molar-refractivity contribution in [3.63, 3.8) is 0 Å². The second-order valence-corrected chi connectivity index (χ2v) is 3.48. The number of carbonyl (C=O) groups is 1. The van der Waals surface area contributed by atoms with Gasteiger partial charge in [0.25, 0.3) is 5.56 Å². The Morgan fingerprint density at radius 1 is 1.44 bits per heavy atom. The van der Waals surface area contributed by atoms with Crippen molar-refractivity contribution >= 4 is 5.91 Å². The van der Waals surface area contributed by atoms with Gasteiger partial charge < -0.3 is 15.6 Å². The van der Waals surface area contributed by atoms with Gasteiger partial charge in [-0.25, -0.2) is 4.79 Å². The molecule has 0 spiro atoms. The molecule has 1 amide bonds. The molecule has 7 heteroatoms. The normalized spacial score (nSPS) is 10.4. The first-order chi connectivity index (χ1) is 7.43. The number of hydrogen-bond donors (Lipinski definition) is 2. The SMILES string of the molecule is Cn1cc(CNCC(N)=O)c(=O)n(C)c1=O. The molecule has 0 aliphatic heterocycles. The minimum atomic E-state index is -0.498. The van der Waals surface area contributed by atoms with Crippen LogP contribution in [0.5, 0.6) is 0 Å². The van der Waals surface area contributed by atoms with Gasteiger partial charge in [0.2, 0.25) is 5.91 Å². The summed E-state index contributed by atoms with van der Waals surface area (Å²) in [5.41, 5.74) is 4.59. The lowest BCUT2D eigenvalue weighted by atomic mass is 10.3. The summed E-state index contributed by atoms with van der Waals surface area (Å²) in [6.07, 6.45) is 1.44. The summed E-state index contributed by atoms with van der Waals surface area (Å²) >= 11 is 0. The molecule has 0 saturated heterocycles. The molecule has 1 aromatic heterocycles. The Labute approximate surface area is 91.5 Å². The van der Waals surface area contributed by atoms with Gasteiger partial charge in [0, 0.05) is 32.4 Å². The van der Waals surface area contributed by atoms with E-state index in [1.54, 1.807) is 7.05 Å². The largest absolute Gasteiger partial charge is 0.369 e. The van der Waals surface area contributed by atoms with Gasteiger partial charge in [-0.3, -0.25) is 14.2 Å². The topological polar surface area (TPSA) is 99.1 Å². The lowest BCUT2D eigenvalue weighted by Crippen LogP contribution is -2.40. The summed E-state index contributed by atoms with van der Waals surface area (Å²) in [5, 5.41) is 2.71. The molecule has 1 heterocycles. The number of aryl methyl sites for hydroxylation is 1. The molecule has 0 bridgehead atoms. The van der Waals surface area contributed by atoms with Crippen molar-refractivity contribution in [2.24, 2.45) is 19.8 Å². The van der Waals surface area contributed by atoms with E-state index in [1.165, 1.54) is 17.8 Å². The fourth-order valence-corrected chi connectivity index (χ4v) is 1.32. The van der Waals surface area contributed by atoms with Crippen LogP contribution in [0.15, 0.2) is 15.8 Å². The molecule has 0 aliphatic carbocycles. The molecule has 0 aromatic carbocycles. The van der Waals surface area contributed by atoms with Gasteiger partial charge in [-0.1, -0.05) is 0 Å². The standard InChI is InChI=1S/C9H14N4O3/c1-12-5-6(3-11-4-7(10)14)8(15)13(2)9(12)16/h5,11H,3-4H2,1-2H3,(H2,10,14). The van der Waals surface area contributed by atoms with Crippen LogP contribution in [0.4, 0.5) is 0 Å². The first-order valence-electron chi connectivity index (χ1n) is 4.68. The minimum absolute atomic E-state index is 0.00794. The Morgan fingerprint density at radius 3 is 2.62 bits per heavy atom. The molecule has 0 aliphatic rings. The molecule has 3 N–H and O–H groups in total. The van der Waals surface area contributed by atoms with Crippen LogP contribution in [0.3, 0.4) is 0 Å². The number of aromatic nitrogens is 2. The van der Waals surface area contributed by atoms with E-state index < -0.39 is 5.91 Å². The Kier molecular flexibility index (Phi) is 3.62. The zero-order valence-corrected chi connectivity index (χ0v) is 9.19. The summed E-state index contributed by atoms with van der Waals surface area (Å²) in [6, 6.07) is 0. The van der Waals surface area contributed by atoms with Gasteiger partial charge in [-0.2, -0.15) is 0 Å². The molecule has 0 saturated carbocycles. The first kappa shape index (κ1) is 12.2. The average molecular weight is 226 g/mol. The van der Waals surface area contributed by atoms with Crippen LogP contribution in [0.2, 0.25) is 0 Å². The molecule has 0 atom stereocenters. The van der Waals surface area contributed by atoms with E-state index >= 15 is 0 Å². The van der Waals surface area contributed by atoms with Crippen LogP contribution in [-0.2, 0) is 25.4 Å². The van der Waals surface area contributed by atoms with E-state index in [0.29, 0.717) is 5.56 Å². The van der Waals surface area contributed by atoms with E-state index in [2.05, 4.69) is 5.32 Å². The highest BCUT2D eigenvalue weighted by molar-refractivity contribution is 5.75. The number of nitrogens with zero attached hydrogens (tertiary/aromatic N) is 2. The van der Waals surface area contributed by atoms with Gasteiger partial charge in [-0.15, -0.1) is 0 Å². The monoisotopic (exact) mass is 226 g/mol. The summed E-state index contributed by atoms with van der Waals surface area (Å²) in [7, 11) is 2.96. The van der Waals surface area contributed by atoms with E-state index in [9.17, 15) is 14.4 Å². The van der Waals surface area contributed by atoms with Crippen molar-refractivity contribution in [1.29, 1.82) is 0 Å². The Bertz CT molecular complexity index is 514. The molecule has 0 radical (unpaired) electrons. The molecular weight excluding hydrogens is 212 g/mol. The van der Waals surface area contributed by atoms with Crippen LogP contribution in [0.1, 0.15) is 5.56 Å². The number of primary amides is 1. The van der Waals surface area contributed by atoms with Gasteiger partial charge in [0.1, 0.15) is 0 Å². The van der Waals surface area contributed by atoms with E-state index in [1.807, 2.05) is 0 Å². The van der Waals surface area contributed by atoms with Crippen LogP contribution in [0, 0.1) is 0 Å². The van der Waals surface area contributed by atoms with Gasteiger partial charge in [0.05, 0.1) is 6.54 Å². The van der Waals surface area contributed by atoms with Crippen molar-refractivity contribution in [3.05, 3.63) is 32.6 Å². The molecular formula is C9H14N4O3. The van der Waals surface area contributed by atoms with Crippen molar-refractivity contribution in [1.82, 2.24) is 14.5 Å². The number of carbonyl (C=O) groups excluding carboxylic acids is 1. The maximum Gasteiger partial charge on any atom is 0.330 e. The molecule has 1 aromatic rings. The zero-order valence-electron chi connectivity index (χ0n) is 9.19. The van der Waals surface area contributed by atoms with E-state index in [0.717, 1.165) is 4.57 Å². The third-order valence-corrected chi connectivity index (χ3v) is 2.13. The lowest BCUT2D eigenvalue weighted by molar-refractivity contribution is -0.117. The third kappa shape index (κ3) is 2.57. The van der Waals surface area contributed by atoms with Crippen LogP contribution >= 0.6 is 0 Å². The van der Waals surface area contributed by atoms with Gasteiger partial charge >= 0.3 is 5.69 Å². The maximum absolute atomic E-state index is 11.6. The molecule has 88 valence electrons. The summed E-state index contributed by atoms with van der Waals surface area (Å²) in [4.78, 5) is 33.4. The fraction of sp³-hybridized carbons (Fsp3) is 0.444. The highest BCUT2D eigenvalue weighted by atomic mass is 16.2. The quantitative estimate of drug-likeness (QED) is 0.601. The maximum atomic E-state index is 11.6. The number of rotatable bonds is 4. The van der Waals surface area contributed by atoms with Gasteiger partial charge in [0.15, 0.2) is 0 Å². The molecule has 0 fully saturated rings. The Hall–Kier alpha value is -1.89. The van der Waals surface area contributed by atoms with E-state index in [4.69, 9.17) is 5.73 Å². The predicted molar refractivity (Wildman–Crippen MR) is 57.8 cm³/mol. The lowest BCUT2D eigenvalue weighted by Gasteiger charge is -2.06. The molecule has 7 nitrogen and oxygen atoms in total. The molecule has 0 unspecified atom stereocenters. The number of nitrogens with two attached hydrogens (primary N) is 1. The number of hydrogen-bond acceptors (Lipinski definition) is 4. The summed E-state index contributed by atoms with van der Waals surface area (Å²) in [5.74, 6) is -0.498. The zero-order chi connectivity index (χ0) is 12.3. The smallest absolute Gasteiger partial charge is 0.330 e. The van der Waals surface area contributed by atoms with Crippen molar-refractivity contribution in [2.45, 2.75) is 6.54 Å². The summed E-state index contributed by atoms with van der Waals surface area (Å²) in [6.45, 7) is 0.190. The second-order valence-electron chi connectivity index (χ2n) is 3.48. The van der Waals surface area contributed by atoms with Crippen molar-refractivity contribution in [2.75, 3.05) is 6.54 Å². The first-order valence-corrected chi connectivity index (χ1v) is 4.68. The second kappa shape index (κ2) is 4.75. The highest BCUT2D eigenvalue weighted by Gasteiger charge is 2.06. The van der Waals surface area contributed by atoms with Crippen LogP contribution in [0.25, 0.3) is 0 Å². The minimum Gasteiger partial charge on any atom is -0.369 e. The predicted octanol–water partition coefficient (Wildman–Crippen LogP) is -2.34. The van der Waals surface area contributed by atoms with Crippen molar-refractivity contribution in [3.8, 4) is 0 Å². The Morgan fingerprint density at radius 2 is 2.06 bits per heavy atom. The molecule has 16 heavy (non-hydrogen) atoms. The third-order valence-electron chi connectivity index (χ3n) is 2.13. The fourth-order valence-electron chi connectivity index (χ4n) is 1.32. The highest BCUT2D eigenvalue weighted by Crippen LogP contribution is 1.86. The average Bonchev–Trinajstić information content (AvgIpc) is 2.22. The van der Waals surface area contributed by atoms with Crippen LogP contribution < -0.4 is 22.3 Å². The summed E-state index contributed by atoms with van der Waals surface area (Å²) < 4.78 is 2.32. The Balaban J connectivity index is 2.94. The number of nitrogens with one attached hydrogen (secondary N) is 1. The molecule has 1 rings (SSSR count).